The first-order valence-corrected chi connectivity index (χ1v) is 10.0. The molecule has 2 aromatic rings. The number of carbonyl (C=O) groups is 3. The number of ether oxygens (including phenoxy) is 1. The minimum absolute atomic E-state index is 0.000224. The van der Waals surface area contributed by atoms with Gasteiger partial charge in [-0.15, -0.1) is 0 Å². The normalized spacial score (nSPS) is 15.8. The molecule has 0 spiro atoms. The summed E-state index contributed by atoms with van der Waals surface area (Å²) in [4.78, 5) is 32.9. The molecule has 1 amide bonds. The van der Waals surface area contributed by atoms with Gasteiger partial charge in [0.25, 0.3) is 5.91 Å². The molecule has 8 nitrogen and oxygen atoms in total. The molecule has 1 aliphatic rings. The molecule has 31 heavy (non-hydrogen) atoms. The number of para-hydroxylation sites is 1. The summed E-state index contributed by atoms with van der Waals surface area (Å²) in [6.45, 7) is 7.92. The zero-order chi connectivity index (χ0) is 23.0. The predicted octanol–water partition coefficient (Wildman–Crippen LogP) is 3.15. The summed E-state index contributed by atoms with van der Waals surface area (Å²) in [5.74, 6) is -3.28. The van der Waals surface area contributed by atoms with Crippen molar-refractivity contribution >= 4 is 23.5 Å². The first kappa shape index (κ1) is 24.0. The van der Waals surface area contributed by atoms with Crippen molar-refractivity contribution in [1.29, 1.82) is 0 Å². The molecule has 0 saturated heterocycles. The van der Waals surface area contributed by atoms with Gasteiger partial charge in [0, 0.05) is 29.4 Å². The number of hydrogen-bond donors (Lipinski definition) is 3. The van der Waals surface area contributed by atoms with Gasteiger partial charge in [0.1, 0.15) is 0 Å². The number of hydrogen-bond acceptors (Lipinski definition) is 5. The van der Waals surface area contributed by atoms with Gasteiger partial charge in [0.15, 0.2) is 6.23 Å². The number of carboxylic acid groups (broad SMARTS) is 2. The van der Waals surface area contributed by atoms with E-state index < -0.39 is 11.9 Å². The number of carboxylic acids is 2. The third kappa shape index (κ3) is 6.63. The second-order valence-corrected chi connectivity index (χ2v) is 7.56. The summed E-state index contributed by atoms with van der Waals surface area (Å²) >= 11 is 0. The molecule has 0 bridgehead atoms. The summed E-state index contributed by atoms with van der Waals surface area (Å²) in [7, 11) is 0. The highest BCUT2D eigenvalue weighted by Crippen LogP contribution is 2.38. The number of nitrogens with zero attached hydrogens (tertiary/aromatic N) is 1. The summed E-state index contributed by atoms with van der Waals surface area (Å²) in [6.07, 6.45) is -0.368. The standard InChI is InChI=1S/C21H26N2O2.C2H2O4/c1-15(2)22-13-16(3)14-25-21-19-12-8-7-11-18(19)20(24)23(21)17-9-5-4-6-10-17;3-1(4)2(5)6/h4-12,15-16,21-22H,13-14H2,1-3H3;(H,3,4)(H,5,6). The molecule has 2 aromatic carbocycles. The Bertz CT molecular complexity index is 888. The van der Waals surface area contributed by atoms with Gasteiger partial charge in [-0.25, -0.2) is 9.59 Å². The Morgan fingerprint density at radius 2 is 1.58 bits per heavy atom. The van der Waals surface area contributed by atoms with E-state index >= 15 is 0 Å². The van der Waals surface area contributed by atoms with Gasteiger partial charge < -0.3 is 20.3 Å². The number of carbonyl (C=O) groups excluding carboxylic acids is 1. The Labute approximate surface area is 181 Å². The maximum atomic E-state index is 12.9. The van der Waals surface area contributed by atoms with Gasteiger partial charge in [-0.05, 0) is 24.1 Å². The van der Waals surface area contributed by atoms with Crippen molar-refractivity contribution < 1.29 is 29.3 Å². The maximum Gasteiger partial charge on any atom is 0.414 e. The van der Waals surface area contributed by atoms with Gasteiger partial charge in [-0.3, -0.25) is 9.69 Å². The van der Waals surface area contributed by atoms with E-state index in [-0.39, 0.29) is 12.1 Å². The van der Waals surface area contributed by atoms with Crippen molar-refractivity contribution in [3.63, 3.8) is 0 Å². The van der Waals surface area contributed by atoms with Crippen molar-refractivity contribution in [1.82, 2.24) is 5.32 Å². The van der Waals surface area contributed by atoms with Crippen molar-refractivity contribution in [3.8, 4) is 0 Å². The van der Waals surface area contributed by atoms with Crippen LogP contribution in [0.2, 0.25) is 0 Å². The second kappa shape index (κ2) is 11.2. The van der Waals surface area contributed by atoms with Crippen LogP contribution in [-0.2, 0) is 14.3 Å². The SMILES string of the molecule is CC(CNC(C)C)COC1c2ccccc2C(=O)N1c1ccccc1.O=C(O)C(=O)O. The molecule has 2 atom stereocenters. The smallest absolute Gasteiger partial charge is 0.414 e. The molecule has 0 aromatic heterocycles. The largest absolute Gasteiger partial charge is 0.473 e. The number of anilines is 1. The van der Waals surface area contributed by atoms with Gasteiger partial charge in [0.05, 0.1) is 6.61 Å². The Morgan fingerprint density at radius 1 is 1.00 bits per heavy atom. The van der Waals surface area contributed by atoms with E-state index in [1.54, 1.807) is 4.90 Å². The molecule has 0 saturated carbocycles. The zero-order valence-electron chi connectivity index (χ0n) is 17.8. The molecule has 3 N–H and O–H groups in total. The van der Waals surface area contributed by atoms with Gasteiger partial charge >= 0.3 is 11.9 Å². The number of fused-ring (bicyclic) bond motifs is 1. The number of rotatable bonds is 7. The molecule has 0 radical (unpaired) electrons. The molecular weight excluding hydrogens is 400 g/mol. The maximum absolute atomic E-state index is 12.9. The molecule has 8 heteroatoms. The van der Waals surface area contributed by atoms with Crippen LogP contribution in [0, 0.1) is 5.92 Å². The van der Waals surface area contributed by atoms with Crippen molar-refractivity contribution in [3.05, 3.63) is 65.7 Å². The van der Waals surface area contributed by atoms with E-state index in [9.17, 15) is 4.79 Å². The highest BCUT2D eigenvalue weighted by Gasteiger charge is 2.38. The van der Waals surface area contributed by atoms with Crippen LogP contribution in [0.1, 0.15) is 42.9 Å². The van der Waals surface area contributed by atoms with Crippen LogP contribution in [0.4, 0.5) is 5.69 Å². The number of nitrogens with one attached hydrogen (secondary N) is 1. The monoisotopic (exact) mass is 428 g/mol. The molecule has 0 fully saturated rings. The van der Waals surface area contributed by atoms with Gasteiger partial charge in [-0.2, -0.15) is 0 Å². The Balaban J connectivity index is 0.000000501. The lowest BCUT2D eigenvalue weighted by Gasteiger charge is -2.27. The number of benzene rings is 2. The third-order valence-corrected chi connectivity index (χ3v) is 4.54. The molecule has 2 unspecified atom stereocenters. The van der Waals surface area contributed by atoms with Gasteiger partial charge in [0.2, 0.25) is 0 Å². The van der Waals surface area contributed by atoms with E-state index in [2.05, 4.69) is 26.1 Å². The summed E-state index contributed by atoms with van der Waals surface area (Å²) in [5.41, 5.74) is 2.53. The quantitative estimate of drug-likeness (QED) is 0.580. The van der Waals surface area contributed by atoms with E-state index in [4.69, 9.17) is 24.5 Å². The highest BCUT2D eigenvalue weighted by atomic mass is 16.5. The lowest BCUT2D eigenvalue weighted by atomic mass is 10.1. The molecule has 3 rings (SSSR count). The van der Waals surface area contributed by atoms with Crippen molar-refractivity contribution in [2.75, 3.05) is 18.1 Å². The number of amides is 1. The average molecular weight is 428 g/mol. The summed E-state index contributed by atoms with van der Waals surface area (Å²) in [5, 5.41) is 18.2. The van der Waals surface area contributed by atoms with E-state index in [0.29, 0.717) is 18.6 Å². The van der Waals surface area contributed by atoms with Crippen LogP contribution in [0.5, 0.6) is 0 Å². The lowest BCUT2D eigenvalue weighted by Crippen LogP contribution is -2.33. The minimum atomic E-state index is -1.82. The number of aliphatic carboxylic acids is 2. The second-order valence-electron chi connectivity index (χ2n) is 7.56. The fourth-order valence-corrected chi connectivity index (χ4v) is 3.04. The van der Waals surface area contributed by atoms with Crippen LogP contribution in [0.15, 0.2) is 54.6 Å². The topological polar surface area (TPSA) is 116 Å². The minimum Gasteiger partial charge on any atom is -0.473 e. The first-order valence-electron chi connectivity index (χ1n) is 10.0. The average Bonchev–Trinajstić information content (AvgIpc) is 3.03. The van der Waals surface area contributed by atoms with E-state index in [1.165, 1.54) is 0 Å². The van der Waals surface area contributed by atoms with Gasteiger partial charge in [-0.1, -0.05) is 57.2 Å². The third-order valence-electron chi connectivity index (χ3n) is 4.54. The van der Waals surface area contributed by atoms with E-state index in [1.807, 2.05) is 54.6 Å². The van der Waals surface area contributed by atoms with Crippen LogP contribution in [-0.4, -0.2) is 47.3 Å². The van der Waals surface area contributed by atoms with Crippen LogP contribution < -0.4 is 10.2 Å². The first-order chi connectivity index (χ1) is 14.7. The van der Waals surface area contributed by atoms with Crippen LogP contribution >= 0.6 is 0 Å². The van der Waals surface area contributed by atoms with E-state index in [0.717, 1.165) is 23.4 Å². The summed E-state index contributed by atoms with van der Waals surface area (Å²) in [6, 6.07) is 17.9. The Morgan fingerprint density at radius 3 is 2.16 bits per heavy atom. The molecule has 1 aliphatic heterocycles. The fraction of sp³-hybridized carbons (Fsp3) is 0.348. The summed E-state index contributed by atoms with van der Waals surface area (Å²) < 4.78 is 6.23. The Kier molecular flexibility index (Phi) is 8.72. The van der Waals surface area contributed by atoms with Crippen molar-refractivity contribution in [2.24, 2.45) is 5.92 Å². The molecule has 1 heterocycles. The molecule has 166 valence electrons. The predicted molar refractivity (Wildman–Crippen MR) is 116 cm³/mol. The lowest BCUT2D eigenvalue weighted by molar-refractivity contribution is -0.159. The molecule has 0 aliphatic carbocycles. The van der Waals surface area contributed by atoms with Crippen molar-refractivity contribution in [2.45, 2.75) is 33.0 Å². The fourth-order valence-electron chi connectivity index (χ4n) is 3.04. The van der Waals surface area contributed by atoms with Crippen LogP contribution in [0.3, 0.4) is 0 Å². The molecular formula is C23H28N2O6. The highest BCUT2D eigenvalue weighted by molar-refractivity contribution is 6.27. The zero-order valence-corrected chi connectivity index (χ0v) is 17.8. The van der Waals surface area contributed by atoms with Crippen LogP contribution in [0.25, 0.3) is 0 Å². The Hall–Kier alpha value is -3.23.